The topological polar surface area (TPSA) is 52.6 Å². The predicted molar refractivity (Wildman–Crippen MR) is 111 cm³/mol. The molecule has 1 aliphatic carbocycles. The first-order chi connectivity index (χ1) is 13.4. The molecule has 0 spiro atoms. The summed E-state index contributed by atoms with van der Waals surface area (Å²) in [5, 5.41) is -0.00921. The number of esters is 1. The average molecular weight is 397 g/mol. The van der Waals surface area contributed by atoms with Gasteiger partial charge in [0, 0.05) is 0 Å². The number of hydrogen-bond acceptors (Lipinski definition) is 5. The summed E-state index contributed by atoms with van der Waals surface area (Å²) in [7, 11) is 0. The normalized spacial score (nSPS) is 20.0. The Morgan fingerprint density at radius 1 is 1.07 bits per heavy atom. The lowest BCUT2D eigenvalue weighted by Crippen LogP contribution is -2.10. The molecule has 0 heterocycles. The molecule has 0 bridgehead atoms. The second-order valence-electron chi connectivity index (χ2n) is 7.38. The molecule has 0 radical (unpaired) electrons. The molecular weight excluding hydrogens is 372 g/mol. The molecule has 5 heteroatoms. The van der Waals surface area contributed by atoms with Gasteiger partial charge in [-0.25, -0.2) is 0 Å². The van der Waals surface area contributed by atoms with Gasteiger partial charge in [0.2, 0.25) is 5.12 Å². The van der Waals surface area contributed by atoms with E-state index in [0.29, 0.717) is 5.75 Å². The molecule has 146 valence electrons. The minimum atomic E-state index is -0.231. The van der Waals surface area contributed by atoms with Gasteiger partial charge in [-0.05, 0) is 53.5 Å². The Kier molecular flexibility index (Phi) is 6.25. The highest BCUT2D eigenvalue weighted by molar-refractivity contribution is 8.13. The van der Waals surface area contributed by atoms with E-state index in [4.69, 9.17) is 9.47 Å². The first-order valence-electron chi connectivity index (χ1n) is 9.16. The summed E-state index contributed by atoms with van der Waals surface area (Å²) < 4.78 is 11.4. The Bertz CT molecular complexity index is 873. The molecule has 0 aliphatic heterocycles. The van der Waals surface area contributed by atoms with Gasteiger partial charge < -0.3 is 9.47 Å². The molecule has 0 saturated heterocycles. The number of allylic oxidation sites excluding steroid dienone is 1. The number of rotatable bonds is 7. The van der Waals surface area contributed by atoms with Crippen molar-refractivity contribution in [3.8, 4) is 11.5 Å². The Morgan fingerprint density at radius 3 is 2.50 bits per heavy atom. The van der Waals surface area contributed by atoms with Crippen molar-refractivity contribution in [1.82, 2.24) is 0 Å². The Morgan fingerprint density at radius 2 is 1.79 bits per heavy atom. The number of thioether (sulfide) groups is 1. The predicted octanol–water partition coefficient (Wildman–Crippen LogP) is 5.24. The van der Waals surface area contributed by atoms with E-state index in [2.05, 4.69) is 0 Å². The van der Waals surface area contributed by atoms with Gasteiger partial charge in [0.05, 0.1) is 5.92 Å². The third-order valence-electron chi connectivity index (χ3n) is 5.06. The Labute approximate surface area is 169 Å². The fraction of sp³-hybridized carbons (Fsp3) is 0.304. The third kappa shape index (κ3) is 4.84. The van der Waals surface area contributed by atoms with Crippen LogP contribution in [0.4, 0.5) is 0 Å². The van der Waals surface area contributed by atoms with Crippen LogP contribution in [0.1, 0.15) is 19.4 Å². The molecule has 1 saturated carbocycles. The third-order valence-corrected chi connectivity index (χ3v) is 5.60. The van der Waals surface area contributed by atoms with Crippen LogP contribution in [0.5, 0.6) is 11.5 Å². The van der Waals surface area contributed by atoms with Crippen molar-refractivity contribution in [1.29, 1.82) is 0 Å². The Hall–Kier alpha value is -2.53. The van der Waals surface area contributed by atoms with Crippen LogP contribution in [0.15, 0.2) is 66.7 Å². The van der Waals surface area contributed by atoms with Crippen LogP contribution in [-0.4, -0.2) is 17.3 Å². The van der Waals surface area contributed by atoms with E-state index in [1.165, 1.54) is 0 Å². The summed E-state index contributed by atoms with van der Waals surface area (Å²) in [5.41, 5.74) is 0.676. The SMILES string of the molecule is CSC(=O)C=C[C@H]1[C@@H](C(=O)OCc2cccc(Oc3ccccc3)c2)C1(C)C. The molecule has 4 nitrogen and oxygen atoms in total. The summed E-state index contributed by atoms with van der Waals surface area (Å²) in [6.07, 6.45) is 5.12. The van der Waals surface area contributed by atoms with Crippen molar-refractivity contribution in [2.24, 2.45) is 17.3 Å². The van der Waals surface area contributed by atoms with E-state index in [1.807, 2.05) is 74.5 Å². The second kappa shape index (κ2) is 8.65. The summed E-state index contributed by atoms with van der Waals surface area (Å²) >= 11 is 1.16. The average Bonchev–Trinajstić information content (AvgIpc) is 3.25. The lowest BCUT2D eigenvalue weighted by atomic mass is 10.1. The maximum atomic E-state index is 12.5. The number of carbonyl (C=O) groups excluding carboxylic acids is 2. The number of ether oxygens (including phenoxy) is 2. The van der Waals surface area contributed by atoms with Crippen LogP contribution in [-0.2, 0) is 20.9 Å². The van der Waals surface area contributed by atoms with Crippen molar-refractivity contribution in [3.05, 3.63) is 72.3 Å². The van der Waals surface area contributed by atoms with Crippen molar-refractivity contribution < 1.29 is 19.1 Å². The summed E-state index contributed by atoms with van der Waals surface area (Å²) in [5.74, 6) is 1.03. The molecule has 28 heavy (non-hydrogen) atoms. The summed E-state index contributed by atoms with van der Waals surface area (Å²) in [6, 6.07) is 17.0. The lowest BCUT2D eigenvalue weighted by Gasteiger charge is -2.09. The molecule has 1 fully saturated rings. The van der Waals surface area contributed by atoms with Gasteiger partial charge in [-0.1, -0.05) is 62.0 Å². The molecule has 2 aromatic rings. The maximum absolute atomic E-state index is 12.5. The largest absolute Gasteiger partial charge is 0.461 e. The van der Waals surface area contributed by atoms with Gasteiger partial charge in [0.15, 0.2) is 0 Å². The van der Waals surface area contributed by atoms with Gasteiger partial charge in [0.25, 0.3) is 0 Å². The summed E-state index contributed by atoms with van der Waals surface area (Å²) in [4.78, 5) is 24.0. The van der Waals surface area contributed by atoms with Crippen LogP contribution >= 0.6 is 11.8 Å². The molecule has 1 aliphatic rings. The van der Waals surface area contributed by atoms with Crippen molar-refractivity contribution in [3.63, 3.8) is 0 Å². The van der Waals surface area contributed by atoms with Crippen LogP contribution in [0.2, 0.25) is 0 Å². The minimum absolute atomic E-state index is 0.00921. The van der Waals surface area contributed by atoms with E-state index in [-0.39, 0.29) is 34.9 Å². The smallest absolute Gasteiger partial charge is 0.310 e. The zero-order valence-electron chi connectivity index (χ0n) is 16.3. The fourth-order valence-corrected chi connectivity index (χ4v) is 3.52. The zero-order valence-corrected chi connectivity index (χ0v) is 17.1. The molecule has 3 rings (SSSR count). The summed E-state index contributed by atoms with van der Waals surface area (Å²) in [6.45, 7) is 4.23. The van der Waals surface area contributed by atoms with Crippen LogP contribution in [0.3, 0.4) is 0 Å². The quantitative estimate of drug-likeness (QED) is 0.473. The molecule has 2 aromatic carbocycles. The van der Waals surface area contributed by atoms with Gasteiger partial charge in [-0.15, -0.1) is 0 Å². The molecule has 0 aromatic heterocycles. The number of para-hydroxylation sites is 1. The van der Waals surface area contributed by atoms with Gasteiger partial charge in [0.1, 0.15) is 18.1 Å². The standard InChI is InChI=1S/C23H24O4S/c1-23(2)19(12-13-20(24)28-3)21(23)22(25)26-15-16-8-7-11-18(14-16)27-17-9-5-4-6-10-17/h4-14,19,21H,15H2,1-3H3/t19-,21-/m0/s1. The number of benzene rings is 2. The van der Waals surface area contributed by atoms with Gasteiger partial charge >= 0.3 is 5.97 Å². The van der Waals surface area contributed by atoms with Crippen molar-refractivity contribution in [2.45, 2.75) is 20.5 Å². The van der Waals surface area contributed by atoms with E-state index in [1.54, 1.807) is 12.3 Å². The molecule has 2 atom stereocenters. The number of hydrogen-bond donors (Lipinski definition) is 0. The highest BCUT2D eigenvalue weighted by atomic mass is 32.2. The van der Waals surface area contributed by atoms with Crippen molar-refractivity contribution >= 4 is 22.8 Å². The van der Waals surface area contributed by atoms with E-state index < -0.39 is 0 Å². The first kappa shape index (κ1) is 20.2. The second-order valence-corrected chi connectivity index (χ2v) is 8.19. The highest BCUT2D eigenvalue weighted by Gasteiger charge is 2.61. The van der Waals surface area contributed by atoms with E-state index in [0.717, 1.165) is 23.1 Å². The monoisotopic (exact) mass is 396 g/mol. The highest BCUT2D eigenvalue weighted by Crippen LogP contribution is 2.59. The van der Waals surface area contributed by atoms with Gasteiger partial charge in [-0.3, -0.25) is 9.59 Å². The number of carbonyl (C=O) groups is 2. The van der Waals surface area contributed by atoms with E-state index >= 15 is 0 Å². The first-order valence-corrected chi connectivity index (χ1v) is 10.4. The maximum Gasteiger partial charge on any atom is 0.310 e. The zero-order chi connectivity index (χ0) is 20.1. The van der Waals surface area contributed by atoms with Crippen molar-refractivity contribution in [2.75, 3.05) is 6.26 Å². The Balaban J connectivity index is 1.57. The van der Waals surface area contributed by atoms with Crippen LogP contribution in [0, 0.1) is 17.3 Å². The van der Waals surface area contributed by atoms with E-state index in [9.17, 15) is 9.59 Å². The van der Waals surface area contributed by atoms with Gasteiger partial charge in [-0.2, -0.15) is 0 Å². The molecular formula is C23H24O4S. The molecule has 0 amide bonds. The van der Waals surface area contributed by atoms with Crippen LogP contribution in [0.25, 0.3) is 0 Å². The fourth-order valence-electron chi connectivity index (χ4n) is 3.30. The lowest BCUT2D eigenvalue weighted by molar-refractivity contribution is -0.147. The van der Waals surface area contributed by atoms with Crippen LogP contribution < -0.4 is 4.74 Å². The molecule has 0 N–H and O–H groups in total. The minimum Gasteiger partial charge on any atom is -0.461 e. The molecule has 0 unspecified atom stereocenters.